The van der Waals surface area contributed by atoms with Gasteiger partial charge >= 0.3 is 0 Å². The predicted molar refractivity (Wildman–Crippen MR) is 82.0 cm³/mol. The zero-order valence-electron chi connectivity index (χ0n) is 11.3. The number of benzene rings is 1. The van der Waals surface area contributed by atoms with Crippen molar-refractivity contribution in [2.45, 2.75) is 39.2 Å². The molecule has 0 spiro atoms. The number of anilines is 1. The highest BCUT2D eigenvalue weighted by atomic mass is 79.9. The smallest absolute Gasteiger partial charge is 0.0377 e. The highest BCUT2D eigenvalue weighted by molar-refractivity contribution is 9.10. The molecule has 100 valence electrons. The standard InChI is InChI=1S/C15H23BrN2/c1-3-12-5-4-8-18(10-12)13-6-7-14(11(2)17)15(16)9-13/h6-7,9,11-12H,3-5,8,10,17H2,1-2H3. The molecule has 1 aliphatic rings. The molecule has 0 saturated carbocycles. The lowest BCUT2D eigenvalue weighted by Crippen LogP contribution is -2.35. The van der Waals surface area contributed by atoms with Crippen molar-refractivity contribution in [3.05, 3.63) is 28.2 Å². The lowest BCUT2D eigenvalue weighted by Gasteiger charge is -2.34. The summed E-state index contributed by atoms with van der Waals surface area (Å²) >= 11 is 3.64. The molecule has 2 atom stereocenters. The maximum atomic E-state index is 5.94. The minimum Gasteiger partial charge on any atom is -0.371 e. The van der Waals surface area contributed by atoms with Crippen LogP contribution in [0, 0.1) is 5.92 Å². The molecule has 0 amide bonds. The first kappa shape index (κ1) is 13.9. The Kier molecular flexibility index (Phi) is 4.68. The monoisotopic (exact) mass is 310 g/mol. The number of nitrogens with two attached hydrogens (primary N) is 1. The van der Waals surface area contributed by atoms with Gasteiger partial charge in [0.2, 0.25) is 0 Å². The van der Waals surface area contributed by atoms with E-state index in [1.54, 1.807) is 0 Å². The summed E-state index contributed by atoms with van der Waals surface area (Å²) in [6, 6.07) is 6.66. The molecule has 2 unspecified atom stereocenters. The Labute approximate surface area is 119 Å². The van der Waals surface area contributed by atoms with Gasteiger partial charge in [-0.15, -0.1) is 0 Å². The van der Waals surface area contributed by atoms with Crippen LogP contribution in [0.5, 0.6) is 0 Å². The fourth-order valence-electron chi connectivity index (χ4n) is 2.71. The van der Waals surface area contributed by atoms with Gasteiger partial charge in [0.1, 0.15) is 0 Å². The number of hydrogen-bond donors (Lipinski definition) is 1. The van der Waals surface area contributed by atoms with Gasteiger partial charge in [-0.3, -0.25) is 0 Å². The molecule has 2 nitrogen and oxygen atoms in total. The fourth-order valence-corrected chi connectivity index (χ4v) is 3.44. The zero-order valence-corrected chi connectivity index (χ0v) is 12.9. The summed E-state index contributed by atoms with van der Waals surface area (Å²) in [7, 11) is 0. The average molecular weight is 311 g/mol. The first-order chi connectivity index (χ1) is 8.61. The third-order valence-electron chi connectivity index (χ3n) is 3.94. The SMILES string of the molecule is CCC1CCCN(c2ccc(C(C)N)c(Br)c2)C1. The molecular formula is C15H23BrN2. The lowest BCUT2D eigenvalue weighted by atomic mass is 9.95. The Bertz CT molecular complexity index is 403. The number of nitrogens with zero attached hydrogens (tertiary/aromatic N) is 1. The molecule has 0 bridgehead atoms. The molecule has 1 fully saturated rings. The summed E-state index contributed by atoms with van der Waals surface area (Å²) in [4.78, 5) is 2.51. The predicted octanol–water partition coefficient (Wildman–Crippen LogP) is 4.10. The van der Waals surface area contributed by atoms with Crippen LogP contribution in [0.4, 0.5) is 5.69 Å². The molecule has 1 aromatic rings. The Hall–Kier alpha value is -0.540. The largest absolute Gasteiger partial charge is 0.371 e. The van der Waals surface area contributed by atoms with Crippen LogP contribution in [-0.4, -0.2) is 13.1 Å². The molecule has 0 aromatic heterocycles. The summed E-state index contributed by atoms with van der Waals surface area (Å²) in [5, 5.41) is 0. The molecule has 1 heterocycles. The lowest BCUT2D eigenvalue weighted by molar-refractivity contribution is 0.404. The van der Waals surface area contributed by atoms with Crippen LogP contribution in [-0.2, 0) is 0 Å². The van der Waals surface area contributed by atoms with Crippen LogP contribution in [0.2, 0.25) is 0 Å². The third kappa shape index (κ3) is 3.07. The Morgan fingerprint density at radius 3 is 2.89 bits per heavy atom. The van der Waals surface area contributed by atoms with E-state index in [1.165, 1.54) is 43.6 Å². The van der Waals surface area contributed by atoms with E-state index < -0.39 is 0 Å². The van der Waals surface area contributed by atoms with E-state index >= 15 is 0 Å². The Morgan fingerprint density at radius 2 is 2.28 bits per heavy atom. The summed E-state index contributed by atoms with van der Waals surface area (Å²) in [6.07, 6.45) is 3.98. The maximum absolute atomic E-state index is 5.94. The molecular weight excluding hydrogens is 288 g/mol. The van der Waals surface area contributed by atoms with E-state index in [4.69, 9.17) is 5.73 Å². The second kappa shape index (κ2) is 6.07. The Morgan fingerprint density at radius 1 is 1.50 bits per heavy atom. The van der Waals surface area contributed by atoms with Gasteiger partial charge in [0.15, 0.2) is 0 Å². The molecule has 1 saturated heterocycles. The van der Waals surface area contributed by atoms with Gasteiger partial charge in [0.05, 0.1) is 0 Å². The van der Waals surface area contributed by atoms with Crippen LogP contribution in [0.25, 0.3) is 0 Å². The van der Waals surface area contributed by atoms with Gasteiger partial charge in [-0.2, -0.15) is 0 Å². The summed E-state index contributed by atoms with van der Waals surface area (Å²) in [5.41, 5.74) is 8.45. The van der Waals surface area contributed by atoms with Crippen LogP contribution < -0.4 is 10.6 Å². The maximum Gasteiger partial charge on any atom is 0.0377 e. The number of hydrogen-bond acceptors (Lipinski definition) is 2. The number of piperidine rings is 1. The van der Waals surface area contributed by atoms with Crippen molar-refractivity contribution in [1.29, 1.82) is 0 Å². The van der Waals surface area contributed by atoms with Gasteiger partial charge in [-0.1, -0.05) is 35.3 Å². The van der Waals surface area contributed by atoms with Gasteiger partial charge in [0.25, 0.3) is 0 Å². The zero-order chi connectivity index (χ0) is 13.1. The molecule has 1 aliphatic heterocycles. The summed E-state index contributed by atoms with van der Waals surface area (Å²) in [6.45, 7) is 6.69. The van der Waals surface area contributed by atoms with Crippen molar-refractivity contribution < 1.29 is 0 Å². The van der Waals surface area contributed by atoms with E-state index in [0.717, 1.165) is 10.4 Å². The average Bonchev–Trinajstić information content (AvgIpc) is 2.38. The van der Waals surface area contributed by atoms with Crippen LogP contribution in [0.15, 0.2) is 22.7 Å². The quantitative estimate of drug-likeness (QED) is 0.911. The Balaban J connectivity index is 2.16. The van der Waals surface area contributed by atoms with Crippen molar-refractivity contribution in [1.82, 2.24) is 0 Å². The molecule has 18 heavy (non-hydrogen) atoms. The normalized spacial score (nSPS) is 22.0. The first-order valence-corrected chi connectivity index (χ1v) is 7.71. The highest BCUT2D eigenvalue weighted by Crippen LogP contribution is 2.30. The van der Waals surface area contributed by atoms with Crippen molar-refractivity contribution in [3.63, 3.8) is 0 Å². The molecule has 3 heteroatoms. The summed E-state index contributed by atoms with van der Waals surface area (Å²) in [5.74, 6) is 0.852. The van der Waals surface area contributed by atoms with E-state index in [-0.39, 0.29) is 6.04 Å². The van der Waals surface area contributed by atoms with Crippen molar-refractivity contribution in [3.8, 4) is 0 Å². The van der Waals surface area contributed by atoms with Crippen molar-refractivity contribution in [2.75, 3.05) is 18.0 Å². The van der Waals surface area contributed by atoms with Crippen LogP contribution in [0.1, 0.15) is 44.7 Å². The van der Waals surface area contributed by atoms with Crippen LogP contribution >= 0.6 is 15.9 Å². The first-order valence-electron chi connectivity index (χ1n) is 6.91. The number of rotatable bonds is 3. The number of halogens is 1. The van der Waals surface area contributed by atoms with Gasteiger partial charge in [0, 0.05) is 29.3 Å². The molecule has 0 radical (unpaired) electrons. The minimum absolute atomic E-state index is 0.0816. The topological polar surface area (TPSA) is 29.3 Å². The van der Waals surface area contributed by atoms with Crippen LogP contribution in [0.3, 0.4) is 0 Å². The summed E-state index contributed by atoms with van der Waals surface area (Å²) < 4.78 is 1.13. The fraction of sp³-hybridized carbons (Fsp3) is 0.600. The van der Waals surface area contributed by atoms with Gasteiger partial charge < -0.3 is 10.6 Å². The van der Waals surface area contributed by atoms with E-state index in [2.05, 4.69) is 46.0 Å². The van der Waals surface area contributed by atoms with Crippen molar-refractivity contribution in [2.24, 2.45) is 11.7 Å². The third-order valence-corrected chi connectivity index (χ3v) is 4.62. The second-order valence-electron chi connectivity index (χ2n) is 5.36. The molecule has 1 aromatic carbocycles. The molecule has 2 N–H and O–H groups in total. The van der Waals surface area contributed by atoms with E-state index in [0.29, 0.717) is 0 Å². The highest BCUT2D eigenvalue weighted by Gasteiger charge is 2.19. The minimum atomic E-state index is 0.0816. The van der Waals surface area contributed by atoms with Crippen molar-refractivity contribution >= 4 is 21.6 Å². The molecule has 0 aliphatic carbocycles. The van der Waals surface area contributed by atoms with Gasteiger partial charge in [-0.05, 0) is 43.4 Å². The van der Waals surface area contributed by atoms with E-state index in [1.807, 2.05) is 6.92 Å². The second-order valence-corrected chi connectivity index (χ2v) is 6.21. The van der Waals surface area contributed by atoms with Gasteiger partial charge in [-0.25, -0.2) is 0 Å². The molecule has 2 rings (SSSR count). The van der Waals surface area contributed by atoms with E-state index in [9.17, 15) is 0 Å².